The van der Waals surface area contributed by atoms with Crippen molar-refractivity contribution in [2.24, 2.45) is 0 Å². The summed E-state index contributed by atoms with van der Waals surface area (Å²) in [6.45, 7) is 8.15. The molecule has 0 unspecified atom stereocenters. The van der Waals surface area contributed by atoms with Gasteiger partial charge in [-0.15, -0.1) is 0 Å². The van der Waals surface area contributed by atoms with E-state index >= 15 is 0 Å². The molecule has 0 aromatic heterocycles. The van der Waals surface area contributed by atoms with E-state index in [2.05, 4.69) is 34.7 Å². The molecular formula is C26H36N4O3. The Morgan fingerprint density at radius 1 is 0.727 bits per heavy atom. The van der Waals surface area contributed by atoms with Gasteiger partial charge in [0.15, 0.2) is 0 Å². The van der Waals surface area contributed by atoms with Crippen molar-refractivity contribution in [1.29, 1.82) is 0 Å². The second kappa shape index (κ2) is 14.8. The maximum atomic E-state index is 12.2. The fraction of sp³-hybridized carbons (Fsp3) is 0.423. The third-order valence-corrected chi connectivity index (χ3v) is 5.44. The number of unbranched alkanes of at least 4 members (excludes halogenated alkanes) is 2. The van der Waals surface area contributed by atoms with E-state index in [1.165, 1.54) is 0 Å². The van der Waals surface area contributed by atoms with Crippen molar-refractivity contribution in [2.75, 3.05) is 38.0 Å². The van der Waals surface area contributed by atoms with Gasteiger partial charge in [-0.05, 0) is 62.3 Å². The standard InChI is InChI=1S/C26H36N4O3/c1-3-30(4-2)20-19-28-26(33)22-14-16-23(17-15-22)29-24(31)13-9-6-10-18-27-25(32)21-11-7-5-8-12-21/h5,7-8,11-12,14-17H,3-4,6,9-10,13,18-20H2,1-2H3,(H,27,32)(H,28,33)(H,29,31). The Morgan fingerprint density at radius 2 is 1.33 bits per heavy atom. The van der Waals surface area contributed by atoms with Crippen LogP contribution in [0.2, 0.25) is 0 Å². The molecule has 0 saturated carbocycles. The molecule has 2 aromatic rings. The van der Waals surface area contributed by atoms with Crippen LogP contribution in [-0.2, 0) is 4.79 Å². The first kappa shape index (κ1) is 26.1. The van der Waals surface area contributed by atoms with Crippen LogP contribution < -0.4 is 16.0 Å². The summed E-state index contributed by atoms with van der Waals surface area (Å²) < 4.78 is 0. The first-order valence-corrected chi connectivity index (χ1v) is 11.8. The van der Waals surface area contributed by atoms with Crippen molar-refractivity contribution in [3.05, 3.63) is 65.7 Å². The molecule has 3 N–H and O–H groups in total. The van der Waals surface area contributed by atoms with Crippen LogP contribution in [0.4, 0.5) is 5.69 Å². The van der Waals surface area contributed by atoms with E-state index in [1.54, 1.807) is 36.4 Å². The summed E-state index contributed by atoms with van der Waals surface area (Å²) in [7, 11) is 0. The lowest BCUT2D eigenvalue weighted by Gasteiger charge is -2.18. The van der Waals surface area contributed by atoms with Gasteiger partial charge in [-0.3, -0.25) is 14.4 Å². The molecule has 0 atom stereocenters. The maximum Gasteiger partial charge on any atom is 0.251 e. The van der Waals surface area contributed by atoms with Crippen LogP contribution in [0.25, 0.3) is 0 Å². The van der Waals surface area contributed by atoms with Gasteiger partial charge in [0.25, 0.3) is 11.8 Å². The van der Waals surface area contributed by atoms with Crippen LogP contribution in [0.5, 0.6) is 0 Å². The Labute approximate surface area is 196 Å². The molecule has 0 aliphatic rings. The third kappa shape index (κ3) is 9.87. The van der Waals surface area contributed by atoms with Gasteiger partial charge in [0.05, 0.1) is 0 Å². The summed E-state index contributed by atoms with van der Waals surface area (Å²) in [6.07, 6.45) is 2.85. The van der Waals surface area contributed by atoms with E-state index in [4.69, 9.17) is 0 Å². The van der Waals surface area contributed by atoms with Crippen molar-refractivity contribution < 1.29 is 14.4 Å². The number of rotatable bonds is 14. The van der Waals surface area contributed by atoms with Crippen molar-refractivity contribution in [3.63, 3.8) is 0 Å². The first-order valence-electron chi connectivity index (χ1n) is 11.8. The lowest BCUT2D eigenvalue weighted by atomic mass is 10.1. The number of carbonyl (C=O) groups is 3. The topological polar surface area (TPSA) is 90.5 Å². The van der Waals surface area contributed by atoms with E-state index in [1.807, 2.05) is 18.2 Å². The van der Waals surface area contributed by atoms with Crippen LogP contribution >= 0.6 is 0 Å². The molecule has 33 heavy (non-hydrogen) atoms. The van der Waals surface area contributed by atoms with Crippen LogP contribution in [0, 0.1) is 0 Å². The Balaban J connectivity index is 1.60. The number of nitrogens with one attached hydrogen (secondary N) is 3. The molecule has 3 amide bonds. The second-order valence-electron chi connectivity index (χ2n) is 7.84. The highest BCUT2D eigenvalue weighted by atomic mass is 16.2. The number of anilines is 1. The highest BCUT2D eigenvalue weighted by Crippen LogP contribution is 2.11. The second-order valence-corrected chi connectivity index (χ2v) is 7.84. The van der Waals surface area contributed by atoms with Gasteiger partial charge in [0, 0.05) is 42.9 Å². The number of carbonyl (C=O) groups excluding carboxylic acids is 3. The van der Waals surface area contributed by atoms with Gasteiger partial charge in [0.2, 0.25) is 5.91 Å². The SMILES string of the molecule is CCN(CC)CCNC(=O)c1ccc(NC(=O)CCCCCNC(=O)c2ccccc2)cc1. The Hall–Kier alpha value is -3.19. The molecule has 0 heterocycles. The van der Waals surface area contributed by atoms with Gasteiger partial charge in [-0.25, -0.2) is 0 Å². The molecule has 0 aliphatic heterocycles. The van der Waals surface area contributed by atoms with Crippen LogP contribution in [0.3, 0.4) is 0 Å². The minimum absolute atomic E-state index is 0.0558. The zero-order valence-corrected chi connectivity index (χ0v) is 19.7. The molecule has 2 rings (SSSR count). The number of nitrogens with zero attached hydrogens (tertiary/aromatic N) is 1. The molecular weight excluding hydrogens is 416 g/mol. The van der Waals surface area contributed by atoms with Crippen molar-refractivity contribution in [2.45, 2.75) is 39.5 Å². The number of hydrogen-bond acceptors (Lipinski definition) is 4. The van der Waals surface area contributed by atoms with Gasteiger partial charge in [0.1, 0.15) is 0 Å². The molecule has 178 valence electrons. The average molecular weight is 453 g/mol. The minimum atomic E-state index is -0.112. The maximum absolute atomic E-state index is 12.2. The number of hydrogen-bond donors (Lipinski definition) is 3. The molecule has 0 radical (unpaired) electrons. The molecule has 0 spiro atoms. The number of amides is 3. The lowest BCUT2D eigenvalue weighted by Crippen LogP contribution is -2.34. The fourth-order valence-electron chi connectivity index (χ4n) is 3.38. The monoisotopic (exact) mass is 452 g/mol. The quantitative estimate of drug-likeness (QED) is 0.381. The Bertz CT molecular complexity index is 865. The van der Waals surface area contributed by atoms with Gasteiger partial charge in [-0.1, -0.05) is 38.5 Å². The molecule has 7 heteroatoms. The van der Waals surface area contributed by atoms with Crippen molar-refractivity contribution in [1.82, 2.24) is 15.5 Å². The zero-order valence-electron chi connectivity index (χ0n) is 19.7. The molecule has 2 aromatic carbocycles. The van der Waals surface area contributed by atoms with Gasteiger partial charge >= 0.3 is 0 Å². The van der Waals surface area contributed by atoms with E-state index in [0.29, 0.717) is 36.3 Å². The smallest absolute Gasteiger partial charge is 0.251 e. The Kier molecular flexibility index (Phi) is 11.7. The van der Waals surface area contributed by atoms with Crippen LogP contribution in [0.1, 0.15) is 60.2 Å². The first-order chi connectivity index (χ1) is 16.0. The highest BCUT2D eigenvalue weighted by Gasteiger charge is 2.08. The summed E-state index contributed by atoms with van der Waals surface area (Å²) in [4.78, 5) is 38.6. The molecule has 0 bridgehead atoms. The third-order valence-electron chi connectivity index (χ3n) is 5.44. The van der Waals surface area contributed by atoms with E-state index < -0.39 is 0 Å². The lowest BCUT2D eigenvalue weighted by molar-refractivity contribution is -0.116. The van der Waals surface area contributed by atoms with E-state index in [9.17, 15) is 14.4 Å². The fourth-order valence-corrected chi connectivity index (χ4v) is 3.38. The molecule has 0 aliphatic carbocycles. The summed E-state index contributed by atoms with van der Waals surface area (Å²) >= 11 is 0. The molecule has 0 saturated heterocycles. The van der Waals surface area contributed by atoms with Crippen molar-refractivity contribution >= 4 is 23.4 Å². The minimum Gasteiger partial charge on any atom is -0.352 e. The molecule has 7 nitrogen and oxygen atoms in total. The Morgan fingerprint density at radius 3 is 1.97 bits per heavy atom. The summed E-state index contributed by atoms with van der Waals surface area (Å²) in [5.74, 6) is -0.242. The average Bonchev–Trinajstić information content (AvgIpc) is 2.84. The number of benzene rings is 2. The van der Waals surface area contributed by atoms with E-state index in [-0.39, 0.29) is 17.7 Å². The zero-order chi connectivity index (χ0) is 23.9. The largest absolute Gasteiger partial charge is 0.352 e. The summed E-state index contributed by atoms with van der Waals surface area (Å²) in [6, 6.07) is 16.1. The van der Waals surface area contributed by atoms with Crippen LogP contribution in [0.15, 0.2) is 54.6 Å². The van der Waals surface area contributed by atoms with Crippen LogP contribution in [-0.4, -0.2) is 55.3 Å². The van der Waals surface area contributed by atoms with Gasteiger partial charge < -0.3 is 20.9 Å². The van der Waals surface area contributed by atoms with Gasteiger partial charge in [-0.2, -0.15) is 0 Å². The highest BCUT2D eigenvalue weighted by molar-refractivity contribution is 5.96. The summed E-state index contributed by atoms with van der Waals surface area (Å²) in [5, 5.41) is 8.68. The normalized spacial score (nSPS) is 10.6. The molecule has 0 fully saturated rings. The predicted octanol–water partition coefficient (Wildman–Crippen LogP) is 3.69. The van der Waals surface area contributed by atoms with E-state index in [0.717, 1.165) is 38.9 Å². The predicted molar refractivity (Wildman–Crippen MR) is 132 cm³/mol. The summed E-state index contributed by atoms with van der Waals surface area (Å²) in [5.41, 5.74) is 1.90. The van der Waals surface area contributed by atoms with Crippen molar-refractivity contribution in [3.8, 4) is 0 Å². The number of likely N-dealkylation sites (N-methyl/N-ethyl adjacent to an activating group) is 1.